The second kappa shape index (κ2) is 9.89. The molecule has 0 atom stereocenters. The minimum Gasteiger partial charge on any atom is -0.486 e. The maximum Gasteiger partial charge on any atom is 0.234 e. The maximum atomic E-state index is 13.9. The molecule has 1 aliphatic carbocycles. The topological polar surface area (TPSA) is 64.1 Å². The zero-order valence-corrected chi connectivity index (χ0v) is 19.5. The first-order chi connectivity index (χ1) is 16.2. The number of carbonyl (C=O) groups is 1. The summed E-state index contributed by atoms with van der Waals surface area (Å²) in [6, 6.07) is 15.7. The molecule has 2 heterocycles. The van der Waals surface area contributed by atoms with E-state index >= 15 is 0 Å². The first-order valence-corrected chi connectivity index (χ1v) is 12.6. The number of hydrogen-bond donors (Lipinski definition) is 1. The lowest BCUT2D eigenvalue weighted by Gasteiger charge is -2.12. The lowest BCUT2D eigenvalue weighted by atomic mass is 9.97. The number of para-hydroxylation sites is 2. The lowest BCUT2D eigenvalue weighted by molar-refractivity contribution is -0.113. The summed E-state index contributed by atoms with van der Waals surface area (Å²) >= 11 is 3.08. The van der Waals surface area contributed by atoms with Crippen LogP contribution in [0.1, 0.15) is 29.1 Å². The molecule has 5 nitrogen and oxygen atoms in total. The zero-order valence-electron chi connectivity index (χ0n) is 17.8. The van der Waals surface area contributed by atoms with Gasteiger partial charge < -0.3 is 10.1 Å². The van der Waals surface area contributed by atoms with Crippen molar-refractivity contribution in [2.24, 2.45) is 0 Å². The van der Waals surface area contributed by atoms with Gasteiger partial charge in [0.25, 0.3) is 0 Å². The number of ether oxygens (including phenoxy) is 1. The Morgan fingerprint density at radius 3 is 2.70 bits per heavy atom. The highest BCUT2D eigenvalue weighted by Crippen LogP contribution is 2.39. The molecular formula is C25H22FN3O2S2. The smallest absolute Gasteiger partial charge is 0.234 e. The van der Waals surface area contributed by atoms with Crippen LogP contribution in [0.2, 0.25) is 0 Å². The molecule has 0 bridgehead atoms. The molecule has 0 radical (unpaired) electrons. The van der Waals surface area contributed by atoms with Gasteiger partial charge in [0.1, 0.15) is 28.0 Å². The van der Waals surface area contributed by atoms with Gasteiger partial charge in [-0.3, -0.25) is 4.79 Å². The Bertz CT molecular complexity index is 1290. The van der Waals surface area contributed by atoms with Gasteiger partial charge >= 0.3 is 0 Å². The number of halogens is 1. The summed E-state index contributed by atoms with van der Waals surface area (Å²) < 4.78 is 19.8. The molecule has 2 aromatic heterocycles. The lowest BCUT2D eigenvalue weighted by Crippen LogP contribution is -2.15. The monoisotopic (exact) mass is 479 g/mol. The van der Waals surface area contributed by atoms with Crippen molar-refractivity contribution in [2.45, 2.75) is 37.3 Å². The van der Waals surface area contributed by atoms with Gasteiger partial charge in [0, 0.05) is 10.3 Å². The average molecular weight is 480 g/mol. The van der Waals surface area contributed by atoms with Crippen LogP contribution < -0.4 is 10.1 Å². The molecule has 4 aromatic rings. The molecule has 168 valence electrons. The number of thioether (sulfide) groups is 1. The van der Waals surface area contributed by atoms with Crippen molar-refractivity contribution in [1.29, 1.82) is 0 Å². The molecule has 1 amide bonds. The zero-order chi connectivity index (χ0) is 22.6. The van der Waals surface area contributed by atoms with Crippen LogP contribution in [0.25, 0.3) is 10.2 Å². The molecule has 1 N–H and O–H groups in total. The molecule has 0 fully saturated rings. The summed E-state index contributed by atoms with van der Waals surface area (Å²) in [6.07, 6.45) is 4.40. The molecule has 33 heavy (non-hydrogen) atoms. The van der Waals surface area contributed by atoms with Crippen molar-refractivity contribution in [3.63, 3.8) is 0 Å². The summed E-state index contributed by atoms with van der Waals surface area (Å²) in [6.45, 7) is 0.248. The number of carbonyl (C=O) groups excluding carboxylic acids is 1. The number of anilines is 1. The van der Waals surface area contributed by atoms with Gasteiger partial charge in [0.05, 0.1) is 11.4 Å². The van der Waals surface area contributed by atoms with Crippen molar-refractivity contribution in [3.05, 3.63) is 76.7 Å². The Morgan fingerprint density at radius 2 is 1.85 bits per heavy atom. The van der Waals surface area contributed by atoms with E-state index in [4.69, 9.17) is 14.7 Å². The Balaban J connectivity index is 1.39. The average Bonchev–Trinajstić information content (AvgIpc) is 3.22. The first-order valence-electron chi connectivity index (χ1n) is 10.8. The summed E-state index contributed by atoms with van der Waals surface area (Å²) in [5, 5.41) is 4.49. The van der Waals surface area contributed by atoms with Crippen molar-refractivity contribution in [2.75, 3.05) is 11.1 Å². The fraction of sp³-hybridized carbons (Fsp3) is 0.240. The second-order valence-electron chi connectivity index (χ2n) is 7.75. The van der Waals surface area contributed by atoms with E-state index in [1.165, 1.54) is 34.7 Å². The van der Waals surface area contributed by atoms with Crippen LogP contribution in [0.5, 0.6) is 5.75 Å². The number of amides is 1. The largest absolute Gasteiger partial charge is 0.486 e. The minimum atomic E-state index is -0.451. The highest BCUT2D eigenvalue weighted by atomic mass is 32.2. The van der Waals surface area contributed by atoms with Gasteiger partial charge in [-0.2, -0.15) is 0 Å². The van der Waals surface area contributed by atoms with E-state index in [0.29, 0.717) is 5.82 Å². The SMILES string of the molecule is O=C(CSc1nc(COc2ccccc2)nc2sc3c(c12)CCCC3)Nc1ccccc1F. The van der Waals surface area contributed by atoms with E-state index in [2.05, 4.69) is 5.32 Å². The summed E-state index contributed by atoms with van der Waals surface area (Å²) in [4.78, 5) is 24.4. The van der Waals surface area contributed by atoms with Gasteiger partial charge in [-0.15, -0.1) is 11.3 Å². The highest BCUT2D eigenvalue weighted by Gasteiger charge is 2.22. The number of rotatable bonds is 7. The molecule has 1 aliphatic rings. The van der Waals surface area contributed by atoms with Crippen molar-refractivity contribution in [1.82, 2.24) is 9.97 Å². The van der Waals surface area contributed by atoms with E-state index in [9.17, 15) is 9.18 Å². The van der Waals surface area contributed by atoms with Crippen LogP contribution >= 0.6 is 23.1 Å². The van der Waals surface area contributed by atoms with Crippen molar-refractivity contribution in [3.8, 4) is 5.75 Å². The van der Waals surface area contributed by atoms with Gasteiger partial charge in [0.2, 0.25) is 5.91 Å². The predicted molar refractivity (Wildman–Crippen MR) is 131 cm³/mol. The summed E-state index contributed by atoms with van der Waals surface area (Å²) in [5.41, 5.74) is 1.49. The number of nitrogens with one attached hydrogen (secondary N) is 1. The van der Waals surface area contributed by atoms with Crippen LogP contribution in [0.4, 0.5) is 10.1 Å². The van der Waals surface area contributed by atoms with E-state index in [-0.39, 0.29) is 24.0 Å². The summed E-state index contributed by atoms with van der Waals surface area (Å²) in [5.74, 6) is 0.743. The van der Waals surface area contributed by atoms with Crippen LogP contribution in [-0.2, 0) is 24.2 Å². The Hall–Kier alpha value is -2.97. The molecule has 0 saturated heterocycles. The quantitative estimate of drug-likeness (QED) is 0.259. The van der Waals surface area contributed by atoms with Crippen LogP contribution in [0.15, 0.2) is 59.6 Å². The van der Waals surface area contributed by atoms with Crippen LogP contribution in [0, 0.1) is 5.82 Å². The third kappa shape index (κ3) is 5.02. The fourth-order valence-electron chi connectivity index (χ4n) is 3.88. The van der Waals surface area contributed by atoms with E-state index in [1.54, 1.807) is 29.5 Å². The Kier molecular flexibility index (Phi) is 6.55. The van der Waals surface area contributed by atoms with E-state index < -0.39 is 5.82 Å². The molecule has 0 unspecified atom stereocenters. The van der Waals surface area contributed by atoms with E-state index in [1.807, 2.05) is 30.3 Å². The number of thiophene rings is 1. The van der Waals surface area contributed by atoms with Gasteiger partial charge in [-0.05, 0) is 55.5 Å². The van der Waals surface area contributed by atoms with Crippen LogP contribution in [0.3, 0.4) is 0 Å². The number of aryl methyl sites for hydroxylation is 2. The number of aromatic nitrogens is 2. The van der Waals surface area contributed by atoms with Gasteiger partial charge in [-0.1, -0.05) is 42.1 Å². The number of fused-ring (bicyclic) bond motifs is 3. The standard InChI is InChI=1S/C25H22FN3O2S2/c26-18-11-5-6-12-19(18)27-22(30)15-32-24-23-17-10-4-7-13-20(17)33-25(23)29-21(28-24)14-31-16-8-2-1-3-9-16/h1-3,5-6,8-9,11-12H,4,7,10,13-15H2,(H,27,30). The highest BCUT2D eigenvalue weighted by molar-refractivity contribution is 8.00. The molecule has 0 spiro atoms. The molecule has 5 rings (SSSR count). The number of hydrogen-bond acceptors (Lipinski definition) is 6. The van der Waals surface area contributed by atoms with Crippen molar-refractivity contribution >= 4 is 44.9 Å². The van der Waals surface area contributed by atoms with Gasteiger partial charge in [-0.25, -0.2) is 14.4 Å². The van der Waals surface area contributed by atoms with Crippen LogP contribution in [-0.4, -0.2) is 21.6 Å². The molecule has 2 aromatic carbocycles. The normalized spacial score (nSPS) is 13.0. The van der Waals surface area contributed by atoms with E-state index in [0.717, 1.165) is 40.3 Å². The third-order valence-corrected chi connectivity index (χ3v) is 7.59. The Morgan fingerprint density at radius 1 is 1.06 bits per heavy atom. The maximum absolute atomic E-state index is 13.9. The molecule has 8 heteroatoms. The molecular weight excluding hydrogens is 457 g/mol. The number of benzene rings is 2. The molecule has 0 saturated carbocycles. The van der Waals surface area contributed by atoms with Gasteiger partial charge in [0.15, 0.2) is 5.82 Å². The minimum absolute atomic E-state index is 0.129. The number of nitrogens with zero attached hydrogens (tertiary/aromatic N) is 2. The predicted octanol–water partition coefficient (Wildman–Crippen LogP) is 6.02. The first kappa shape index (κ1) is 21.9. The Labute approximate surface area is 199 Å². The third-order valence-electron chi connectivity index (χ3n) is 5.43. The van der Waals surface area contributed by atoms with Crippen molar-refractivity contribution < 1.29 is 13.9 Å². The molecule has 0 aliphatic heterocycles. The fourth-order valence-corrected chi connectivity index (χ4v) is 6.10. The summed E-state index contributed by atoms with van der Waals surface area (Å²) in [7, 11) is 0. The second-order valence-corrected chi connectivity index (χ2v) is 9.80.